The number of fused-ring (bicyclic) bond motifs is 1. The number of nitrogens with two attached hydrogens (primary N) is 1. The fourth-order valence-electron chi connectivity index (χ4n) is 4.42. The second kappa shape index (κ2) is 8.08. The molecular formula is C23H27FN4O2. The van der Waals surface area contributed by atoms with Gasteiger partial charge < -0.3 is 10.5 Å². The Hall–Kier alpha value is -2.90. The first-order valence-electron chi connectivity index (χ1n) is 10.1. The molecule has 0 radical (unpaired) electrons. The summed E-state index contributed by atoms with van der Waals surface area (Å²) in [6.07, 6.45) is 1.75. The van der Waals surface area contributed by atoms with Gasteiger partial charge in [-0.3, -0.25) is 19.4 Å². The number of piperazine rings is 1. The molecule has 3 aromatic rings. The zero-order valence-electron chi connectivity index (χ0n) is 17.5. The smallest absolute Gasteiger partial charge is 0.248 e. The van der Waals surface area contributed by atoms with E-state index in [0.717, 1.165) is 17.4 Å². The number of carbonyl (C=O) groups excluding carboxylic acids is 1. The van der Waals surface area contributed by atoms with Crippen LogP contribution in [0.4, 0.5) is 4.39 Å². The molecule has 2 N–H and O–H groups in total. The molecule has 158 valence electrons. The zero-order valence-corrected chi connectivity index (χ0v) is 17.5. The average molecular weight is 410 g/mol. The fraction of sp³-hybridized carbons (Fsp3) is 0.348. The van der Waals surface area contributed by atoms with Gasteiger partial charge in [0.05, 0.1) is 17.6 Å². The Bertz CT molecular complexity index is 1070. The van der Waals surface area contributed by atoms with Crippen LogP contribution < -0.4 is 10.7 Å². The minimum absolute atomic E-state index is 0.0353. The van der Waals surface area contributed by atoms with Crippen molar-refractivity contribution in [1.29, 1.82) is 0 Å². The molecule has 1 amide bonds. The molecule has 3 unspecified atom stereocenters. The first-order valence-corrected chi connectivity index (χ1v) is 10.1. The maximum atomic E-state index is 14.2. The van der Waals surface area contributed by atoms with Crippen molar-refractivity contribution >= 4 is 16.8 Å². The van der Waals surface area contributed by atoms with Gasteiger partial charge >= 0.3 is 0 Å². The molecule has 2 heterocycles. The number of amides is 1. The summed E-state index contributed by atoms with van der Waals surface area (Å²) in [4.78, 5) is 13.8. The highest BCUT2D eigenvalue weighted by atomic mass is 19.1. The van der Waals surface area contributed by atoms with E-state index < -0.39 is 5.91 Å². The predicted octanol–water partition coefficient (Wildman–Crippen LogP) is 3.08. The van der Waals surface area contributed by atoms with Crippen molar-refractivity contribution in [2.75, 3.05) is 18.7 Å². The van der Waals surface area contributed by atoms with Crippen LogP contribution in [0.1, 0.15) is 29.8 Å². The molecular weight excluding hydrogens is 383 g/mol. The molecule has 1 aromatic heterocycles. The molecule has 7 heteroatoms. The Morgan fingerprint density at radius 1 is 1.20 bits per heavy atom. The third kappa shape index (κ3) is 3.55. The summed E-state index contributed by atoms with van der Waals surface area (Å²) in [7, 11) is 1.70. The topological polar surface area (TPSA) is 63.7 Å². The van der Waals surface area contributed by atoms with Crippen LogP contribution in [0.15, 0.2) is 54.7 Å². The molecule has 0 spiro atoms. The van der Waals surface area contributed by atoms with Crippen LogP contribution in [0.2, 0.25) is 0 Å². The molecule has 1 aliphatic heterocycles. The van der Waals surface area contributed by atoms with Crippen molar-refractivity contribution in [1.82, 2.24) is 9.58 Å². The van der Waals surface area contributed by atoms with Crippen LogP contribution in [0.3, 0.4) is 0 Å². The summed E-state index contributed by atoms with van der Waals surface area (Å²) in [6, 6.07) is 14.5. The number of carbonyl (C=O) groups is 1. The number of benzene rings is 2. The summed E-state index contributed by atoms with van der Waals surface area (Å²) in [5.74, 6) is -0.626. The van der Waals surface area contributed by atoms with Crippen molar-refractivity contribution in [3.63, 3.8) is 0 Å². The summed E-state index contributed by atoms with van der Waals surface area (Å²) < 4.78 is 22.2. The fourth-order valence-corrected chi connectivity index (χ4v) is 4.42. The van der Waals surface area contributed by atoms with Crippen LogP contribution >= 0.6 is 0 Å². The molecule has 0 bridgehead atoms. The Morgan fingerprint density at radius 3 is 2.67 bits per heavy atom. The van der Waals surface area contributed by atoms with Gasteiger partial charge in [0.1, 0.15) is 5.82 Å². The summed E-state index contributed by atoms with van der Waals surface area (Å²) in [5, 5.41) is 3.14. The monoisotopic (exact) mass is 410 g/mol. The van der Waals surface area contributed by atoms with Crippen LogP contribution in [-0.4, -0.2) is 47.4 Å². The van der Waals surface area contributed by atoms with Gasteiger partial charge in [0.2, 0.25) is 5.91 Å². The second-order valence-corrected chi connectivity index (χ2v) is 7.91. The predicted molar refractivity (Wildman–Crippen MR) is 115 cm³/mol. The number of aromatic nitrogens is 1. The number of ether oxygens (including phenoxy) is 1. The largest absolute Gasteiger partial charge is 0.366 e. The van der Waals surface area contributed by atoms with Crippen LogP contribution in [0.5, 0.6) is 0 Å². The first-order chi connectivity index (χ1) is 14.4. The second-order valence-electron chi connectivity index (χ2n) is 7.91. The molecule has 1 aliphatic rings. The Kier molecular flexibility index (Phi) is 5.49. The number of hydrogen-bond donors (Lipinski definition) is 1. The van der Waals surface area contributed by atoms with Gasteiger partial charge in [0.15, 0.2) is 6.23 Å². The van der Waals surface area contributed by atoms with Crippen LogP contribution in [0, 0.1) is 5.82 Å². The quantitative estimate of drug-likeness (QED) is 0.702. The van der Waals surface area contributed by atoms with Crippen molar-refractivity contribution in [3.8, 4) is 0 Å². The lowest BCUT2D eigenvalue weighted by molar-refractivity contribution is -0.0344. The lowest BCUT2D eigenvalue weighted by Gasteiger charge is -2.50. The zero-order chi connectivity index (χ0) is 21.4. The van der Waals surface area contributed by atoms with Gasteiger partial charge in [-0.15, -0.1) is 0 Å². The van der Waals surface area contributed by atoms with E-state index >= 15 is 0 Å². The van der Waals surface area contributed by atoms with E-state index in [1.54, 1.807) is 25.3 Å². The van der Waals surface area contributed by atoms with Crippen LogP contribution in [0.25, 0.3) is 10.9 Å². The third-order valence-electron chi connectivity index (χ3n) is 5.98. The Balaban J connectivity index is 1.65. The van der Waals surface area contributed by atoms with E-state index in [2.05, 4.69) is 28.4 Å². The molecule has 1 fully saturated rings. The SMILES string of the molecule is COC1C(C)N(Cc2ccccc2F)CC(C)N1n1ccc2cc(C(N)=O)ccc21. The molecule has 6 nitrogen and oxygen atoms in total. The summed E-state index contributed by atoms with van der Waals surface area (Å²) in [6.45, 7) is 5.52. The molecule has 3 atom stereocenters. The molecule has 0 aliphatic carbocycles. The van der Waals surface area contributed by atoms with Gasteiger partial charge in [-0.1, -0.05) is 18.2 Å². The van der Waals surface area contributed by atoms with Gasteiger partial charge in [-0.2, -0.15) is 0 Å². The van der Waals surface area contributed by atoms with E-state index in [0.29, 0.717) is 17.7 Å². The molecule has 0 saturated carbocycles. The normalized spacial score (nSPS) is 22.5. The first kappa shape index (κ1) is 20.4. The maximum absolute atomic E-state index is 14.2. The van der Waals surface area contributed by atoms with E-state index in [9.17, 15) is 9.18 Å². The van der Waals surface area contributed by atoms with Gasteiger partial charge in [0.25, 0.3) is 0 Å². The van der Waals surface area contributed by atoms with E-state index in [1.165, 1.54) is 6.07 Å². The number of nitrogens with zero attached hydrogens (tertiary/aromatic N) is 3. The van der Waals surface area contributed by atoms with Crippen molar-refractivity contribution in [2.24, 2.45) is 5.73 Å². The van der Waals surface area contributed by atoms with Crippen molar-refractivity contribution in [3.05, 3.63) is 71.7 Å². The van der Waals surface area contributed by atoms with E-state index in [4.69, 9.17) is 10.5 Å². The number of hydrogen-bond acceptors (Lipinski definition) is 4. The van der Waals surface area contributed by atoms with Gasteiger partial charge in [-0.25, -0.2) is 4.39 Å². The number of primary amides is 1. The number of halogens is 1. The highest BCUT2D eigenvalue weighted by molar-refractivity contribution is 5.97. The average Bonchev–Trinajstić information content (AvgIpc) is 3.14. The van der Waals surface area contributed by atoms with Gasteiger partial charge in [0, 0.05) is 42.9 Å². The number of methoxy groups -OCH3 is 1. The summed E-state index contributed by atoms with van der Waals surface area (Å²) >= 11 is 0. The van der Waals surface area contributed by atoms with E-state index in [-0.39, 0.29) is 24.1 Å². The highest BCUT2D eigenvalue weighted by Crippen LogP contribution is 2.27. The maximum Gasteiger partial charge on any atom is 0.248 e. The minimum atomic E-state index is -0.442. The molecule has 2 aromatic carbocycles. The lowest BCUT2D eigenvalue weighted by Crippen LogP contribution is -2.66. The molecule has 30 heavy (non-hydrogen) atoms. The number of rotatable bonds is 5. The standard InChI is InChI=1S/C23H27FN4O2/c1-15-13-26(14-19-6-4-5-7-20(19)24)16(2)23(30-3)28(15)27-11-10-17-12-18(22(25)29)8-9-21(17)27/h4-12,15-16,23H,13-14H2,1-3H3,(H2,25,29). The molecule has 4 rings (SSSR count). The minimum Gasteiger partial charge on any atom is -0.366 e. The van der Waals surface area contributed by atoms with Crippen LogP contribution in [-0.2, 0) is 11.3 Å². The van der Waals surface area contributed by atoms with Crippen molar-refractivity contribution in [2.45, 2.75) is 38.7 Å². The third-order valence-corrected chi connectivity index (χ3v) is 5.98. The van der Waals surface area contributed by atoms with Gasteiger partial charge in [-0.05, 0) is 44.2 Å². The molecule has 1 saturated heterocycles. The van der Waals surface area contributed by atoms with E-state index in [1.807, 2.05) is 30.5 Å². The Labute approximate surface area is 175 Å². The summed E-state index contributed by atoms with van der Waals surface area (Å²) in [5.41, 5.74) is 7.57. The van der Waals surface area contributed by atoms with Crippen molar-refractivity contribution < 1.29 is 13.9 Å². The Morgan fingerprint density at radius 2 is 1.97 bits per heavy atom. The highest BCUT2D eigenvalue weighted by Gasteiger charge is 2.39. The lowest BCUT2D eigenvalue weighted by atomic mass is 10.1.